The Morgan fingerprint density at radius 1 is 1.41 bits per heavy atom. The minimum absolute atomic E-state index is 0.0343. The predicted molar refractivity (Wildman–Crippen MR) is 59.7 cm³/mol. The molecule has 6 heteroatoms. The quantitative estimate of drug-likeness (QED) is 0.580. The molecule has 0 bridgehead atoms. The van der Waals surface area contributed by atoms with Gasteiger partial charge in [-0.15, -0.1) is 0 Å². The molecule has 0 saturated carbocycles. The van der Waals surface area contributed by atoms with Crippen molar-refractivity contribution in [1.29, 1.82) is 5.26 Å². The number of benzene rings is 1. The van der Waals surface area contributed by atoms with Crippen molar-refractivity contribution in [1.82, 2.24) is 9.55 Å². The topological polar surface area (TPSA) is 84.8 Å². The second-order valence-corrected chi connectivity index (χ2v) is 3.43. The van der Waals surface area contributed by atoms with Crippen LogP contribution < -0.4 is 0 Å². The first-order chi connectivity index (χ1) is 8.11. The highest BCUT2D eigenvalue weighted by Gasteiger charge is 2.08. The molecule has 1 aromatic heterocycles. The number of hydrogen-bond acceptors (Lipinski definition) is 4. The van der Waals surface area contributed by atoms with Crippen LogP contribution in [0.4, 0.5) is 5.69 Å². The van der Waals surface area contributed by atoms with Gasteiger partial charge in [-0.25, -0.2) is 4.98 Å². The molecule has 0 unspecified atom stereocenters. The Hall–Kier alpha value is -2.68. The van der Waals surface area contributed by atoms with E-state index in [2.05, 4.69) is 4.98 Å². The van der Waals surface area contributed by atoms with Gasteiger partial charge in [-0.1, -0.05) is 0 Å². The average molecular weight is 228 g/mol. The number of hydrogen-bond donors (Lipinski definition) is 0. The number of nitro benzene ring substituents is 1. The van der Waals surface area contributed by atoms with Crippen molar-refractivity contribution in [3.8, 4) is 11.8 Å². The third-order valence-corrected chi connectivity index (χ3v) is 2.34. The molecule has 0 saturated heterocycles. The lowest BCUT2D eigenvalue weighted by Crippen LogP contribution is -1.95. The Balaban J connectivity index is 2.43. The van der Waals surface area contributed by atoms with Gasteiger partial charge in [0, 0.05) is 24.0 Å². The molecule has 1 heterocycles. The molecule has 0 N–H and O–H groups in total. The van der Waals surface area contributed by atoms with Crippen LogP contribution in [-0.2, 0) is 0 Å². The SMILES string of the molecule is Cc1nc(C#N)cn1-c1ccc([N+](=O)[O-])cc1. The molecule has 0 atom stereocenters. The van der Waals surface area contributed by atoms with Crippen LogP contribution >= 0.6 is 0 Å². The zero-order valence-electron chi connectivity index (χ0n) is 8.99. The fourth-order valence-electron chi connectivity index (χ4n) is 1.52. The van der Waals surface area contributed by atoms with Gasteiger partial charge < -0.3 is 4.57 Å². The number of aryl methyl sites for hydroxylation is 1. The minimum Gasteiger partial charge on any atom is -0.303 e. The molecule has 2 aromatic rings. The number of nitro groups is 1. The van der Waals surface area contributed by atoms with Crippen LogP contribution in [-0.4, -0.2) is 14.5 Å². The molecule has 1 aromatic carbocycles. The van der Waals surface area contributed by atoms with E-state index in [1.54, 1.807) is 29.8 Å². The maximum atomic E-state index is 10.5. The zero-order chi connectivity index (χ0) is 12.4. The molecule has 0 aliphatic carbocycles. The van der Waals surface area contributed by atoms with E-state index in [4.69, 9.17) is 5.26 Å². The van der Waals surface area contributed by atoms with Crippen molar-refractivity contribution < 1.29 is 4.92 Å². The van der Waals surface area contributed by atoms with E-state index < -0.39 is 4.92 Å². The molecular formula is C11H8N4O2. The number of aromatic nitrogens is 2. The Kier molecular flexibility index (Phi) is 2.58. The summed E-state index contributed by atoms with van der Waals surface area (Å²) in [5, 5.41) is 19.2. The number of non-ortho nitro benzene ring substituents is 1. The zero-order valence-corrected chi connectivity index (χ0v) is 8.99. The third kappa shape index (κ3) is 1.99. The Morgan fingerprint density at radius 3 is 2.53 bits per heavy atom. The van der Waals surface area contributed by atoms with Gasteiger partial charge in [0.25, 0.3) is 5.69 Å². The second-order valence-electron chi connectivity index (χ2n) is 3.43. The summed E-state index contributed by atoms with van der Waals surface area (Å²) < 4.78 is 1.71. The highest BCUT2D eigenvalue weighted by atomic mass is 16.6. The molecule has 0 aliphatic rings. The molecule has 0 spiro atoms. The Morgan fingerprint density at radius 2 is 2.06 bits per heavy atom. The lowest BCUT2D eigenvalue weighted by molar-refractivity contribution is -0.384. The molecule has 6 nitrogen and oxygen atoms in total. The summed E-state index contributed by atoms with van der Waals surface area (Å²) in [4.78, 5) is 14.1. The maximum absolute atomic E-state index is 10.5. The molecule has 17 heavy (non-hydrogen) atoms. The van der Waals surface area contributed by atoms with E-state index in [0.29, 0.717) is 11.5 Å². The molecule has 84 valence electrons. The van der Waals surface area contributed by atoms with Crippen LogP contribution in [0.15, 0.2) is 30.5 Å². The van der Waals surface area contributed by atoms with Crippen molar-refractivity contribution >= 4 is 5.69 Å². The highest BCUT2D eigenvalue weighted by molar-refractivity contribution is 5.42. The van der Waals surface area contributed by atoms with E-state index >= 15 is 0 Å². The van der Waals surface area contributed by atoms with Crippen LogP contribution in [0.5, 0.6) is 0 Å². The van der Waals surface area contributed by atoms with Crippen LogP contribution in [0.1, 0.15) is 11.5 Å². The predicted octanol–water partition coefficient (Wildman–Crippen LogP) is 1.96. The second kappa shape index (κ2) is 4.06. The lowest BCUT2D eigenvalue weighted by Gasteiger charge is -2.03. The molecule has 0 fully saturated rings. The number of nitrogens with zero attached hydrogens (tertiary/aromatic N) is 4. The number of imidazole rings is 1. The largest absolute Gasteiger partial charge is 0.303 e. The molecule has 2 rings (SSSR count). The summed E-state index contributed by atoms with van der Waals surface area (Å²) in [7, 11) is 0. The average Bonchev–Trinajstić information content (AvgIpc) is 2.71. The van der Waals surface area contributed by atoms with Gasteiger partial charge >= 0.3 is 0 Å². The van der Waals surface area contributed by atoms with Gasteiger partial charge in [0.05, 0.1) is 4.92 Å². The minimum atomic E-state index is -0.453. The van der Waals surface area contributed by atoms with E-state index in [0.717, 1.165) is 5.69 Å². The van der Waals surface area contributed by atoms with E-state index in [9.17, 15) is 10.1 Å². The Labute approximate surface area is 96.9 Å². The van der Waals surface area contributed by atoms with E-state index in [1.807, 2.05) is 6.07 Å². The van der Waals surface area contributed by atoms with E-state index in [1.165, 1.54) is 12.1 Å². The number of nitriles is 1. The van der Waals surface area contributed by atoms with Crippen LogP contribution in [0.25, 0.3) is 5.69 Å². The highest BCUT2D eigenvalue weighted by Crippen LogP contribution is 2.17. The van der Waals surface area contributed by atoms with Crippen molar-refractivity contribution in [3.63, 3.8) is 0 Å². The molecule has 0 amide bonds. The van der Waals surface area contributed by atoms with Crippen LogP contribution in [0.2, 0.25) is 0 Å². The lowest BCUT2D eigenvalue weighted by atomic mass is 10.3. The van der Waals surface area contributed by atoms with Gasteiger partial charge in [-0.2, -0.15) is 5.26 Å². The summed E-state index contributed by atoms with van der Waals surface area (Å²) >= 11 is 0. The third-order valence-electron chi connectivity index (χ3n) is 2.34. The van der Waals surface area contributed by atoms with Gasteiger partial charge in [0.2, 0.25) is 0 Å². The van der Waals surface area contributed by atoms with Crippen LogP contribution in [0, 0.1) is 28.4 Å². The molecule has 0 aliphatic heterocycles. The monoisotopic (exact) mass is 228 g/mol. The molecule has 0 radical (unpaired) electrons. The first-order valence-corrected chi connectivity index (χ1v) is 4.83. The Bertz CT molecular complexity index is 607. The fourth-order valence-corrected chi connectivity index (χ4v) is 1.52. The van der Waals surface area contributed by atoms with Crippen molar-refractivity contribution in [2.75, 3.05) is 0 Å². The fraction of sp³-hybridized carbons (Fsp3) is 0.0909. The van der Waals surface area contributed by atoms with Crippen molar-refractivity contribution in [2.24, 2.45) is 0 Å². The summed E-state index contributed by atoms with van der Waals surface area (Å²) in [5.41, 5.74) is 1.09. The summed E-state index contributed by atoms with van der Waals surface area (Å²) in [5.74, 6) is 0.662. The first kappa shape index (κ1) is 10.8. The van der Waals surface area contributed by atoms with Crippen LogP contribution in [0.3, 0.4) is 0 Å². The maximum Gasteiger partial charge on any atom is 0.269 e. The summed E-state index contributed by atoms with van der Waals surface area (Å²) in [6.07, 6.45) is 1.59. The van der Waals surface area contributed by atoms with Gasteiger partial charge in [-0.3, -0.25) is 10.1 Å². The smallest absolute Gasteiger partial charge is 0.269 e. The first-order valence-electron chi connectivity index (χ1n) is 4.83. The van der Waals surface area contributed by atoms with Crippen molar-refractivity contribution in [2.45, 2.75) is 6.92 Å². The van der Waals surface area contributed by atoms with E-state index in [-0.39, 0.29) is 5.69 Å². The van der Waals surface area contributed by atoms with Gasteiger partial charge in [0.15, 0.2) is 5.69 Å². The van der Waals surface area contributed by atoms with Crippen molar-refractivity contribution in [3.05, 3.63) is 52.1 Å². The van der Waals surface area contributed by atoms with Gasteiger partial charge in [-0.05, 0) is 19.1 Å². The summed E-state index contributed by atoms with van der Waals surface area (Å²) in [6.45, 7) is 1.77. The van der Waals surface area contributed by atoms with Gasteiger partial charge in [0.1, 0.15) is 11.9 Å². The number of rotatable bonds is 2. The molecular weight excluding hydrogens is 220 g/mol. The normalized spacial score (nSPS) is 9.88. The standard InChI is InChI=1S/C11H8N4O2/c1-8-13-9(6-12)7-14(8)10-2-4-11(5-3-10)15(16)17/h2-5,7H,1H3. The summed E-state index contributed by atoms with van der Waals surface area (Å²) in [6, 6.07) is 8.02.